The first kappa shape index (κ1) is 9.45. The van der Waals surface area contributed by atoms with Gasteiger partial charge in [-0.05, 0) is 6.92 Å². The monoisotopic (exact) mass is 229 g/mol. The van der Waals surface area contributed by atoms with Crippen molar-refractivity contribution >= 4 is 21.7 Å². The number of anilines is 1. The summed E-state index contributed by atoms with van der Waals surface area (Å²) >= 11 is 3.38. The number of aromatic nitrogens is 2. The van der Waals surface area contributed by atoms with Gasteiger partial charge in [-0.1, -0.05) is 15.9 Å². The van der Waals surface area contributed by atoms with E-state index in [9.17, 15) is 0 Å². The summed E-state index contributed by atoms with van der Waals surface area (Å²) in [4.78, 5) is 10.5. The van der Waals surface area contributed by atoms with Gasteiger partial charge in [0, 0.05) is 31.3 Å². The highest BCUT2D eigenvalue weighted by Crippen LogP contribution is 2.10. The Morgan fingerprint density at radius 2 is 2.08 bits per heavy atom. The number of alkyl halides is 1. The smallest absolute Gasteiger partial charge is 0.149 e. The predicted octanol–water partition coefficient (Wildman–Crippen LogP) is 1.62. The lowest BCUT2D eigenvalue weighted by atomic mass is 10.4. The highest BCUT2D eigenvalue weighted by molar-refractivity contribution is 9.09. The minimum Gasteiger partial charge on any atom is -0.357 e. The topological polar surface area (TPSA) is 29.0 Å². The summed E-state index contributed by atoms with van der Waals surface area (Å²) in [7, 11) is 2.01. The minimum atomic E-state index is 0.944. The largest absolute Gasteiger partial charge is 0.357 e. The average molecular weight is 230 g/mol. The zero-order chi connectivity index (χ0) is 8.97. The normalized spacial score (nSPS) is 9.92. The molecule has 1 aromatic heterocycles. The van der Waals surface area contributed by atoms with E-state index in [0.717, 1.165) is 23.4 Å². The Labute approximate surface area is 81.0 Å². The lowest BCUT2D eigenvalue weighted by Crippen LogP contribution is -2.21. The number of rotatable bonds is 3. The second-order valence-corrected chi connectivity index (χ2v) is 3.37. The van der Waals surface area contributed by atoms with Gasteiger partial charge in [0.05, 0.1) is 5.69 Å². The molecule has 0 bridgehead atoms. The minimum absolute atomic E-state index is 0.944. The maximum Gasteiger partial charge on any atom is 0.149 e. The van der Waals surface area contributed by atoms with Crippen LogP contribution in [0, 0.1) is 6.92 Å². The van der Waals surface area contributed by atoms with Crippen LogP contribution in [0.4, 0.5) is 5.82 Å². The van der Waals surface area contributed by atoms with Crippen LogP contribution in [0.5, 0.6) is 0 Å². The zero-order valence-electron chi connectivity index (χ0n) is 7.29. The van der Waals surface area contributed by atoms with Crippen molar-refractivity contribution in [3.8, 4) is 0 Å². The van der Waals surface area contributed by atoms with Gasteiger partial charge in [0.1, 0.15) is 5.82 Å². The van der Waals surface area contributed by atoms with Crippen molar-refractivity contribution in [2.75, 3.05) is 23.8 Å². The molecular weight excluding hydrogens is 218 g/mol. The fraction of sp³-hybridized carbons (Fsp3) is 0.500. The molecule has 12 heavy (non-hydrogen) atoms. The van der Waals surface area contributed by atoms with Crippen LogP contribution in [0.15, 0.2) is 12.4 Å². The number of hydrogen-bond acceptors (Lipinski definition) is 3. The molecule has 0 amide bonds. The Morgan fingerprint density at radius 1 is 1.42 bits per heavy atom. The highest BCUT2D eigenvalue weighted by atomic mass is 79.9. The van der Waals surface area contributed by atoms with E-state index in [1.807, 2.05) is 14.0 Å². The molecule has 1 rings (SSSR count). The van der Waals surface area contributed by atoms with Crippen molar-refractivity contribution in [1.29, 1.82) is 0 Å². The maximum absolute atomic E-state index is 4.24. The molecule has 3 nitrogen and oxygen atoms in total. The maximum atomic E-state index is 4.24. The van der Waals surface area contributed by atoms with Crippen molar-refractivity contribution in [3.63, 3.8) is 0 Å². The Hall–Kier alpha value is -0.640. The van der Waals surface area contributed by atoms with Gasteiger partial charge < -0.3 is 4.90 Å². The van der Waals surface area contributed by atoms with Gasteiger partial charge in [-0.2, -0.15) is 0 Å². The van der Waals surface area contributed by atoms with E-state index >= 15 is 0 Å². The second-order valence-electron chi connectivity index (χ2n) is 2.58. The van der Waals surface area contributed by atoms with Crippen LogP contribution in [-0.4, -0.2) is 28.9 Å². The van der Waals surface area contributed by atoms with Gasteiger partial charge >= 0.3 is 0 Å². The number of halogens is 1. The van der Waals surface area contributed by atoms with Gasteiger partial charge in [0.15, 0.2) is 0 Å². The Morgan fingerprint density at radius 3 is 2.67 bits per heavy atom. The van der Waals surface area contributed by atoms with E-state index in [1.54, 1.807) is 12.4 Å². The standard InChI is InChI=1S/C8H12BrN3/c1-7-8(11-5-4-10-7)12(2)6-3-9/h4-5H,3,6H2,1-2H3. The van der Waals surface area contributed by atoms with E-state index in [1.165, 1.54) is 0 Å². The first-order valence-electron chi connectivity index (χ1n) is 3.80. The molecule has 0 aromatic carbocycles. The molecule has 66 valence electrons. The van der Waals surface area contributed by atoms with Crippen LogP contribution in [0.3, 0.4) is 0 Å². The number of aryl methyl sites for hydroxylation is 1. The molecule has 0 N–H and O–H groups in total. The summed E-state index contributed by atoms with van der Waals surface area (Å²) < 4.78 is 0. The van der Waals surface area contributed by atoms with Gasteiger partial charge in [-0.3, -0.25) is 4.98 Å². The average Bonchev–Trinajstić information content (AvgIpc) is 2.05. The van der Waals surface area contributed by atoms with Crippen molar-refractivity contribution < 1.29 is 0 Å². The van der Waals surface area contributed by atoms with E-state index in [4.69, 9.17) is 0 Å². The first-order valence-corrected chi connectivity index (χ1v) is 4.92. The summed E-state index contributed by atoms with van der Waals surface area (Å²) in [5.41, 5.74) is 0.973. The van der Waals surface area contributed by atoms with Crippen LogP contribution in [0.2, 0.25) is 0 Å². The molecule has 0 saturated carbocycles. The number of hydrogen-bond donors (Lipinski definition) is 0. The van der Waals surface area contributed by atoms with Crippen molar-refractivity contribution in [1.82, 2.24) is 9.97 Å². The van der Waals surface area contributed by atoms with Crippen LogP contribution < -0.4 is 4.90 Å². The summed E-state index contributed by atoms with van der Waals surface area (Å²) in [5.74, 6) is 0.956. The fourth-order valence-electron chi connectivity index (χ4n) is 1.01. The van der Waals surface area contributed by atoms with E-state index < -0.39 is 0 Å². The molecule has 0 unspecified atom stereocenters. The molecule has 1 heterocycles. The molecule has 4 heteroatoms. The quantitative estimate of drug-likeness (QED) is 0.739. The predicted molar refractivity (Wildman–Crippen MR) is 53.8 cm³/mol. The zero-order valence-corrected chi connectivity index (χ0v) is 8.87. The van der Waals surface area contributed by atoms with E-state index in [-0.39, 0.29) is 0 Å². The molecule has 0 aliphatic heterocycles. The first-order chi connectivity index (χ1) is 5.75. The van der Waals surface area contributed by atoms with Crippen LogP contribution >= 0.6 is 15.9 Å². The number of nitrogens with zero attached hydrogens (tertiary/aromatic N) is 3. The van der Waals surface area contributed by atoms with E-state index in [2.05, 4.69) is 30.8 Å². The Kier molecular flexibility index (Phi) is 3.47. The molecule has 0 aliphatic carbocycles. The van der Waals surface area contributed by atoms with Gasteiger partial charge in [0.2, 0.25) is 0 Å². The lowest BCUT2D eigenvalue weighted by Gasteiger charge is -2.17. The third kappa shape index (κ3) is 2.17. The highest BCUT2D eigenvalue weighted by Gasteiger charge is 2.04. The lowest BCUT2D eigenvalue weighted by molar-refractivity contribution is 0.922. The van der Waals surface area contributed by atoms with Crippen molar-refractivity contribution in [2.45, 2.75) is 6.92 Å². The molecule has 0 aliphatic rings. The Bertz CT molecular complexity index is 252. The van der Waals surface area contributed by atoms with Gasteiger partial charge in [-0.15, -0.1) is 0 Å². The summed E-state index contributed by atoms with van der Waals surface area (Å²) in [6.45, 7) is 2.91. The summed E-state index contributed by atoms with van der Waals surface area (Å²) in [5, 5.41) is 0.944. The third-order valence-electron chi connectivity index (χ3n) is 1.64. The summed E-state index contributed by atoms with van der Waals surface area (Å²) in [6.07, 6.45) is 3.42. The van der Waals surface area contributed by atoms with Crippen LogP contribution in [0.25, 0.3) is 0 Å². The van der Waals surface area contributed by atoms with E-state index in [0.29, 0.717) is 0 Å². The SMILES string of the molecule is Cc1nccnc1N(C)CCBr. The molecule has 0 spiro atoms. The van der Waals surface area contributed by atoms with Gasteiger partial charge in [0.25, 0.3) is 0 Å². The second kappa shape index (κ2) is 4.40. The molecule has 0 atom stereocenters. The molecule has 1 aromatic rings. The third-order valence-corrected chi connectivity index (χ3v) is 1.99. The van der Waals surface area contributed by atoms with Crippen molar-refractivity contribution in [3.05, 3.63) is 18.1 Å². The molecule has 0 radical (unpaired) electrons. The molecular formula is C8H12BrN3. The molecule has 0 fully saturated rings. The van der Waals surface area contributed by atoms with Crippen LogP contribution in [-0.2, 0) is 0 Å². The van der Waals surface area contributed by atoms with Crippen LogP contribution in [0.1, 0.15) is 5.69 Å². The molecule has 0 saturated heterocycles. The van der Waals surface area contributed by atoms with Crippen molar-refractivity contribution in [2.24, 2.45) is 0 Å². The van der Waals surface area contributed by atoms with Gasteiger partial charge in [-0.25, -0.2) is 4.98 Å². The summed E-state index contributed by atoms with van der Waals surface area (Å²) in [6, 6.07) is 0. The Balaban J connectivity index is 2.79. The fourth-order valence-corrected chi connectivity index (χ4v) is 1.54.